The van der Waals surface area contributed by atoms with Gasteiger partial charge in [-0.15, -0.1) is 0 Å². The van der Waals surface area contributed by atoms with E-state index in [0.717, 1.165) is 64.2 Å². The summed E-state index contributed by atoms with van der Waals surface area (Å²) in [5.74, 6) is -0.434. The molecule has 420 valence electrons. The molecule has 2 rings (SSSR count). The SMILES string of the molecule is CC/C=C\C/C=C\C/C=C\C/C=C\C/C=C\C/C=C\C/C=C\CCCC(=O)OC(COCCCCCCCCCCCCCCCCCC)COC1OC(COC2OC(CO)C(O)C(O)C2O)C(O)C(O)C1O. The van der Waals surface area contributed by atoms with Gasteiger partial charge in [0.25, 0.3) is 0 Å². The summed E-state index contributed by atoms with van der Waals surface area (Å²) in [6, 6.07) is 0. The van der Waals surface area contributed by atoms with E-state index in [9.17, 15) is 40.5 Å². The summed E-state index contributed by atoms with van der Waals surface area (Å²) in [5.41, 5.74) is 0. The van der Waals surface area contributed by atoms with Gasteiger partial charge in [-0.2, -0.15) is 0 Å². The quantitative estimate of drug-likeness (QED) is 0.0172. The van der Waals surface area contributed by atoms with Crippen LogP contribution in [-0.4, -0.2) is 142 Å². The Morgan fingerprint density at radius 1 is 0.466 bits per heavy atom. The Balaban J connectivity index is 1.77. The Bertz CT molecular complexity index is 1530. The molecule has 11 unspecified atom stereocenters. The number of hydrogen-bond acceptors (Lipinski definition) is 14. The minimum atomic E-state index is -1.72. The maximum absolute atomic E-state index is 13.0. The average molecular weight is 1030 g/mol. The number of aliphatic hydroxyl groups excluding tert-OH is 7. The largest absolute Gasteiger partial charge is 0.457 e. The Kier molecular flexibility index (Phi) is 41.2. The van der Waals surface area contributed by atoms with Gasteiger partial charge in [0.05, 0.1) is 26.4 Å². The van der Waals surface area contributed by atoms with Crippen LogP contribution in [0.4, 0.5) is 0 Å². The Labute approximate surface area is 439 Å². The summed E-state index contributed by atoms with van der Waals surface area (Å²) in [6.07, 6.45) is 42.2. The first-order chi connectivity index (χ1) is 35.6. The maximum atomic E-state index is 13.0. The summed E-state index contributed by atoms with van der Waals surface area (Å²) >= 11 is 0. The highest BCUT2D eigenvalue weighted by molar-refractivity contribution is 5.69. The van der Waals surface area contributed by atoms with Gasteiger partial charge >= 0.3 is 5.97 Å². The van der Waals surface area contributed by atoms with Crippen molar-refractivity contribution in [3.63, 3.8) is 0 Å². The number of allylic oxidation sites excluding steroid dienone is 14. The Morgan fingerprint density at radius 3 is 1.34 bits per heavy atom. The number of ether oxygens (including phenoxy) is 6. The minimum absolute atomic E-state index is 0.0357. The monoisotopic (exact) mass is 1030 g/mol. The molecule has 2 saturated heterocycles. The molecular formula is C59H100O14. The van der Waals surface area contributed by atoms with Gasteiger partial charge in [0, 0.05) is 13.0 Å². The minimum Gasteiger partial charge on any atom is -0.457 e. The first-order valence-electron chi connectivity index (χ1n) is 28.2. The molecule has 0 aliphatic carbocycles. The van der Waals surface area contributed by atoms with Crippen LogP contribution >= 0.6 is 0 Å². The predicted molar refractivity (Wildman–Crippen MR) is 288 cm³/mol. The van der Waals surface area contributed by atoms with Crippen LogP contribution in [0.2, 0.25) is 0 Å². The number of rotatable bonds is 44. The van der Waals surface area contributed by atoms with Gasteiger partial charge in [0.15, 0.2) is 12.6 Å². The second kappa shape index (κ2) is 45.4. The normalized spacial score (nSPS) is 25.6. The number of aliphatic hydroxyl groups is 7. The molecular weight excluding hydrogens is 933 g/mol. The van der Waals surface area contributed by atoms with Gasteiger partial charge < -0.3 is 64.2 Å². The molecule has 0 aromatic carbocycles. The van der Waals surface area contributed by atoms with E-state index in [-0.39, 0.29) is 19.6 Å². The zero-order valence-electron chi connectivity index (χ0n) is 44.8. The molecule has 2 aliphatic heterocycles. The first-order valence-corrected chi connectivity index (χ1v) is 28.2. The number of carbonyl (C=O) groups excluding carboxylic acids is 1. The highest BCUT2D eigenvalue weighted by Gasteiger charge is 2.47. The van der Waals surface area contributed by atoms with Crippen LogP contribution in [0, 0.1) is 0 Å². The standard InChI is InChI=1S/C59H100O14/c1-3-5-7-9-11-13-15-17-19-21-22-23-24-25-26-27-28-30-32-34-36-38-40-42-51(61)71-48(45-68-43-41-39-37-35-33-31-29-20-18-16-14-12-10-8-6-4-2)46-69-58-57(67)55(65)53(63)50(73-58)47-70-59-56(66)54(64)52(62)49(44-60)72-59/h5,7,11,13,17,19,22-23,25-26,28,30,34,36,48-50,52-60,62-67H,3-4,6,8-10,12,14-16,18,20-21,24,27,29,31-33,35,37-47H2,1-2H3/b7-5-,13-11-,19-17-,23-22-,26-25-,30-28-,36-34-. The molecule has 0 spiro atoms. The molecule has 0 saturated carbocycles. The number of unbranched alkanes of at least 4 members (excludes halogenated alkanes) is 16. The Morgan fingerprint density at radius 2 is 0.877 bits per heavy atom. The molecule has 7 N–H and O–H groups in total. The third-order valence-corrected chi connectivity index (χ3v) is 12.9. The van der Waals surface area contributed by atoms with Gasteiger partial charge in [-0.25, -0.2) is 0 Å². The summed E-state index contributed by atoms with van der Waals surface area (Å²) in [6.45, 7) is 3.50. The van der Waals surface area contributed by atoms with Crippen molar-refractivity contribution in [3.8, 4) is 0 Å². The summed E-state index contributed by atoms with van der Waals surface area (Å²) < 4.78 is 34.3. The van der Waals surface area contributed by atoms with Gasteiger partial charge in [0.1, 0.15) is 54.9 Å². The van der Waals surface area contributed by atoms with Gasteiger partial charge in [-0.05, 0) is 64.2 Å². The predicted octanol–water partition coefficient (Wildman–Crippen LogP) is 9.63. The van der Waals surface area contributed by atoms with Crippen molar-refractivity contribution in [2.24, 2.45) is 0 Å². The highest BCUT2D eigenvalue weighted by Crippen LogP contribution is 2.26. The number of carbonyl (C=O) groups is 1. The van der Waals surface area contributed by atoms with Crippen molar-refractivity contribution in [2.75, 3.05) is 33.0 Å². The average Bonchev–Trinajstić information content (AvgIpc) is 3.39. The summed E-state index contributed by atoms with van der Waals surface area (Å²) in [7, 11) is 0. The maximum Gasteiger partial charge on any atom is 0.306 e. The zero-order chi connectivity index (χ0) is 53.0. The fraction of sp³-hybridized carbons (Fsp3) is 0.746. The highest BCUT2D eigenvalue weighted by atomic mass is 16.7. The van der Waals surface area contributed by atoms with Crippen LogP contribution in [0.25, 0.3) is 0 Å². The second-order valence-electron chi connectivity index (χ2n) is 19.4. The van der Waals surface area contributed by atoms with E-state index < -0.39 is 86.7 Å². The van der Waals surface area contributed by atoms with Crippen molar-refractivity contribution >= 4 is 5.97 Å². The third kappa shape index (κ3) is 32.4. The summed E-state index contributed by atoms with van der Waals surface area (Å²) in [5, 5.41) is 72.3. The molecule has 2 heterocycles. The molecule has 0 aromatic rings. The fourth-order valence-electron chi connectivity index (χ4n) is 8.39. The van der Waals surface area contributed by atoms with E-state index in [1.54, 1.807) is 0 Å². The van der Waals surface area contributed by atoms with Crippen molar-refractivity contribution in [3.05, 3.63) is 85.1 Å². The van der Waals surface area contributed by atoms with E-state index in [1.165, 1.54) is 83.5 Å². The first kappa shape index (κ1) is 66.3. The topological polar surface area (TPSA) is 214 Å². The Hall–Kier alpha value is -2.83. The molecule has 14 nitrogen and oxygen atoms in total. The zero-order valence-corrected chi connectivity index (χ0v) is 44.8. The second-order valence-corrected chi connectivity index (χ2v) is 19.4. The van der Waals surface area contributed by atoms with E-state index in [2.05, 4.69) is 98.9 Å². The molecule has 73 heavy (non-hydrogen) atoms. The van der Waals surface area contributed by atoms with Crippen LogP contribution in [0.15, 0.2) is 85.1 Å². The van der Waals surface area contributed by atoms with Crippen molar-refractivity contribution in [2.45, 2.75) is 248 Å². The van der Waals surface area contributed by atoms with Gasteiger partial charge in [0.2, 0.25) is 0 Å². The number of esters is 1. The lowest BCUT2D eigenvalue weighted by Crippen LogP contribution is -2.61. The van der Waals surface area contributed by atoms with Crippen LogP contribution < -0.4 is 0 Å². The molecule has 0 bridgehead atoms. The molecule has 0 radical (unpaired) electrons. The number of hydrogen-bond donors (Lipinski definition) is 7. The van der Waals surface area contributed by atoms with Crippen molar-refractivity contribution in [1.82, 2.24) is 0 Å². The molecule has 2 aliphatic rings. The van der Waals surface area contributed by atoms with E-state index >= 15 is 0 Å². The van der Waals surface area contributed by atoms with Crippen LogP contribution in [0.5, 0.6) is 0 Å². The van der Waals surface area contributed by atoms with Crippen LogP contribution in [0.1, 0.15) is 181 Å². The van der Waals surface area contributed by atoms with Gasteiger partial charge in [-0.3, -0.25) is 4.79 Å². The molecule has 0 amide bonds. The van der Waals surface area contributed by atoms with Crippen molar-refractivity contribution < 1.29 is 69.0 Å². The molecule has 14 heteroatoms. The molecule has 11 atom stereocenters. The van der Waals surface area contributed by atoms with Gasteiger partial charge in [-0.1, -0.05) is 195 Å². The lowest BCUT2D eigenvalue weighted by atomic mass is 9.98. The smallest absolute Gasteiger partial charge is 0.306 e. The third-order valence-electron chi connectivity index (χ3n) is 12.9. The molecule has 0 aromatic heterocycles. The van der Waals surface area contributed by atoms with E-state index in [0.29, 0.717) is 19.4 Å². The van der Waals surface area contributed by atoms with Crippen LogP contribution in [0.3, 0.4) is 0 Å². The van der Waals surface area contributed by atoms with E-state index in [4.69, 9.17) is 28.4 Å². The summed E-state index contributed by atoms with van der Waals surface area (Å²) in [4.78, 5) is 13.0. The molecule has 2 fully saturated rings. The van der Waals surface area contributed by atoms with E-state index in [1.807, 2.05) is 0 Å². The van der Waals surface area contributed by atoms with Crippen LogP contribution in [-0.2, 0) is 33.2 Å². The van der Waals surface area contributed by atoms with Crippen molar-refractivity contribution in [1.29, 1.82) is 0 Å². The fourth-order valence-corrected chi connectivity index (χ4v) is 8.39. The lowest BCUT2D eigenvalue weighted by Gasteiger charge is -2.42. The lowest BCUT2D eigenvalue weighted by molar-refractivity contribution is -0.332.